The molecule has 1 aliphatic heterocycles. The van der Waals surface area contributed by atoms with E-state index in [0.29, 0.717) is 5.02 Å². The summed E-state index contributed by atoms with van der Waals surface area (Å²) in [6.45, 7) is -0.0345. The van der Waals surface area contributed by atoms with Gasteiger partial charge in [0.25, 0.3) is 5.91 Å². The molecule has 104 valence electrons. The standard InChI is InChI=1S/C12H8Cl2N2O4/c13-8-2-1-6(3-9(8)14)11(18)16-12(19)15-7-4-10(17)20-5-7/h1-4H,5H2,(H2,15,16,18,19). The number of esters is 1. The number of hydrogen-bond donors (Lipinski definition) is 2. The highest BCUT2D eigenvalue weighted by Crippen LogP contribution is 2.22. The number of nitrogens with one attached hydrogen (secondary N) is 2. The predicted octanol–water partition coefficient (Wildman–Crippen LogP) is 1.87. The highest BCUT2D eigenvalue weighted by Gasteiger charge is 2.17. The van der Waals surface area contributed by atoms with Crippen molar-refractivity contribution >= 4 is 41.1 Å². The zero-order chi connectivity index (χ0) is 14.7. The molecule has 0 aliphatic carbocycles. The van der Waals surface area contributed by atoms with Crippen LogP contribution in [-0.4, -0.2) is 24.5 Å². The van der Waals surface area contributed by atoms with Crippen LogP contribution in [-0.2, 0) is 9.53 Å². The van der Waals surface area contributed by atoms with Gasteiger partial charge in [-0.1, -0.05) is 23.2 Å². The number of rotatable bonds is 2. The molecule has 0 saturated heterocycles. The predicted molar refractivity (Wildman–Crippen MR) is 71.5 cm³/mol. The van der Waals surface area contributed by atoms with E-state index in [-0.39, 0.29) is 22.9 Å². The molecule has 0 bridgehead atoms. The summed E-state index contributed by atoms with van der Waals surface area (Å²) in [7, 11) is 0. The van der Waals surface area contributed by atoms with Crippen LogP contribution in [0.5, 0.6) is 0 Å². The summed E-state index contributed by atoms with van der Waals surface area (Å²) in [5, 5.41) is 4.92. The van der Waals surface area contributed by atoms with Crippen LogP contribution >= 0.6 is 23.2 Å². The van der Waals surface area contributed by atoms with E-state index >= 15 is 0 Å². The van der Waals surface area contributed by atoms with E-state index in [4.69, 9.17) is 23.2 Å². The molecule has 1 aromatic carbocycles. The molecule has 1 aliphatic rings. The molecule has 0 unspecified atom stereocenters. The number of amides is 3. The molecule has 0 aromatic heterocycles. The van der Waals surface area contributed by atoms with E-state index < -0.39 is 17.9 Å². The molecule has 1 heterocycles. The van der Waals surface area contributed by atoms with Gasteiger partial charge in [-0.25, -0.2) is 9.59 Å². The summed E-state index contributed by atoms with van der Waals surface area (Å²) in [6.07, 6.45) is 1.13. The van der Waals surface area contributed by atoms with Crippen molar-refractivity contribution in [2.45, 2.75) is 0 Å². The molecular formula is C12H8Cl2N2O4. The van der Waals surface area contributed by atoms with Crippen LogP contribution in [0.2, 0.25) is 10.0 Å². The molecule has 20 heavy (non-hydrogen) atoms. The Hall–Kier alpha value is -2.05. The van der Waals surface area contributed by atoms with Gasteiger partial charge in [0.05, 0.1) is 15.7 Å². The first kappa shape index (κ1) is 14.4. The molecule has 2 N–H and O–H groups in total. The van der Waals surface area contributed by atoms with Gasteiger partial charge < -0.3 is 10.1 Å². The van der Waals surface area contributed by atoms with Gasteiger partial charge in [0.15, 0.2) is 0 Å². The second kappa shape index (κ2) is 5.94. The first-order valence-corrected chi connectivity index (χ1v) is 6.16. The lowest BCUT2D eigenvalue weighted by atomic mass is 10.2. The van der Waals surface area contributed by atoms with E-state index in [1.54, 1.807) is 0 Å². The summed E-state index contributed by atoms with van der Waals surface area (Å²) >= 11 is 11.5. The average Bonchev–Trinajstić information content (AvgIpc) is 2.77. The molecule has 1 aromatic rings. The first-order chi connectivity index (χ1) is 9.45. The van der Waals surface area contributed by atoms with E-state index in [1.165, 1.54) is 18.2 Å². The maximum Gasteiger partial charge on any atom is 0.333 e. The highest BCUT2D eigenvalue weighted by molar-refractivity contribution is 6.42. The fraction of sp³-hybridized carbons (Fsp3) is 0.0833. The number of hydrogen-bond acceptors (Lipinski definition) is 4. The number of urea groups is 1. The van der Waals surface area contributed by atoms with Crippen LogP contribution < -0.4 is 10.6 Å². The van der Waals surface area contributed by atoms with Gasteiger partial charge in [-0.3, -0.25) is 10.1 Å². The normalized spacial score (nSPS) is 13.5. The molecule has 0 spiro atoms. The van der Waals surface area contributed by atoms with Crippen molar-refractivity contribution in [3.8, 4) is 0 Å². The maximum atomic E-state index is 11.8. The van der Waals surface area contributed by atoms with Crippen molar-refractivity contribution in [1.82, 2.24) is 10.6 Å². The third-order valence-corrected chi connectivity index (χ3v) is 3.08. The quantitative estimate of drug-likeness (QED) is 0.816. The zero-order valence-corrected chi connectivity index (χ0v) is 11.4. The van der Waals surface area contributed by atoms with Crippen LogP contribution in [0.1, 0.15) is 10.4 Å². The van der Waals surface area contributed by atoms with Crippen molar-refractivity contribution in [3.05, 3.63) is 45.6 Å². The molecule has 0 atom stereocenters. The SMILES string of the molecule is O=C(NC(=O)c1ccc(Cl)c(Cl)c1)NC1=CC(=O)OC1. The molecule has 6 nitrogen and oxygen atoms in total. The number of imide groups is 1. The molecule has 0 fully saturated rings. The Morgan fingerprint density at radius 2 is 1.95 bits per heavy atom. The second-order valence-corrected chi connectivity index (χ2v) is 4.63. The Balaban J connectivity index is 1.97. The monoisotopic (exact) mass is 314 g/mol. The molecule has 8 heteroatoms. The minimum Gasteiger partial charge on any atom is -0.456 e. The third-order valence-electron chi connectivity index (χ3n) is 2.34. The molecular weight excluding hydrogens is 307 g/mol. The maximum absolute atomic E-state index is 11.8. The van der Waals surface area contributed by atoms with E-state index in [9.17, 15) is 14.4 Å². The number of carbonyl (C=O) groups excluding carboxylic acids is 3. The molecule has 2 rings (SSSR count). The van der Waals surface area contributed by atoms with Gasteiger partial charge >= 0.3 is 12.0 Å². The lowest BCUT2D eigenvalue weighted by Gasteiger charge is -2.07. The third kappa shape index (κ3) is 3.49. The summed E-state index contributed by atoms with van der Waals surface area (Å²) in [6, 6.07) is 3.44. The summed E-state index contributed by atoms with van der Waals surface area (Å²) in [4.78, 5) is 34.1. The van der Waals surface area contributed by atoms with Crippen LogP contribution in [0.25, 0.3) is 0 Å². The van der Waals surface area contributed by atoms with Crippen LogP contribution in [0.4, 0.5) is 4.79 Å². The highest BCUT2D eigenvalue weighted by atomic mass is 35.5. The number of cyclic esters (lactones) is 1. The van der Waals surface area contributed by atoms with Gasteiger partial charge in [0.1, 0.15) is 6.61 Å². The van der Waals surface area contributed by atoms with Crippen LogP contribution in [0.15, 0.2) is 30.0 Å². The average molecular weight is 315 g/mol. The lowest BCUT2D eigenvalue weighted by Crippen LogP contribution is -2.39. The number of benzene rings is 1. The Labute approximate surface area is 123 Å². The van der Waals surface area contributed by atoms with Crippen molar-refractivity contribution in [1.29, 1.82) is 0 Å². The zero-order valence-electron chi connectivity index (χ0n) is 9.91. The number of ether oxygens (including phenoxy) is 1. The fourth-order valence-corrected chi connectivity index (χ4v) is 1.73. The molecule has 0 saturated carbocycles. The Morgan fingerprint density at radius 3 is 2.55 bits per heavy atom. The minimum absolute atomic E-state index is 0.0345. The molecule has 3 amide bonds. The minimum atomic E-state index is -0.773. The van der Waals surface area contributed by atoms with Crippen molar-refractivity contribution in [2.24, 2.45) is 0 Å². The van der Waals surface area contributed by atoms with Gasteiger partial charge in [0.2, 0.25) is 0 Å². The summed E-state index contributed by atoms with van der Waals surface area (Å²) in [5.74, 6) is -1.19. The van der Waals surface area contributed by atoms with Gasteiger partial charge in [-0.2, -0.15) is 0 Å². The number of halogens is 2. The van der Waals surface area contributed by atoms with E-state index in [2.05, 4.69) is 15.4 Å². The van der Waals surface area contributed by atoms with Gasteiger partial charge in [0, 0.05) is 11.6 Å². The van der Waals surface area contributed by atoms with Crippen molar-refractivity contribution in [3.63, 3.8) is 0 Å². The largest absolute Gasteiger partial charge is 0.456 e. The van der Waals surface area contributed by atoms with Gasteiger partial charge in [-0.05, 0) is 18.2 Å². The topological polar surface area (TPSA) is 84.5 Å². The van der Waals surface area contributed by atoms with E-state index in [0.717, 1.165) is 6.08 Å². The summed E-state index contributed by atoms with van der Waals surface area (Å²) < 4.78 is 4.59. The Kier molecular flexibility index (Phi) is 4.26. The Morgan fingerprint density at radius 1 is 1.20 bits per heavy atom. The van der Waals surface area contributed by atoms with E-state index in [1.807, 2.05) is 0 Å². The Bertz CT molecular complexity index is 628. The smallest absolute Gasteiger partial charge is 0.333 e. The van der Waals surface area contributed by atoms with Crippen LogP contribution in [0.3, 0.4) is 0 Å². The lowest BCUT2D eigenvalue weighted by molar-refractivity contribution is -0.134. The van der Waals surface area contributed by atoms with Crippen LogP contribution in [0, 0.1) is 0 Å². The van der Waals surface area contributed by atoms with Gasteiger partial charge in [-0.15, -0.1) is 0 Å². The van der Waals surface area contributed by atoms with Crippen molar-refractivity contribution < 1.29 is 19.1 Å². The summed E-state index contributed by atoms with van der Waals surface area (Å²) in [5.41, 5.74) is 0.455. The first-order valence-electron chi connectivity index (χ1n) is 5.40. The second-order valence-electron chi connectivity index (χ2n) is 3.81. The fourth-order valence-electron chi connectivity index (χ4n) is 1.44. The number of carbonyl (C=O) groups is 3. The van der Waals surface area contributed by atoms with Crippen molar-refractivity contribution in [2.75, 3.05) is 6.61 Å². The molecule has 0 radical (unpaired) electrons.